The number of aliphatic hydroxyl groups is 1. The minimum Gasteiger partial charge on any atom is -0.391 e. The Morgan fingerprint density at radius 2 is 2.06 bits per heavy atom. The number of nitrogens with zero attached hydrogens (tertiary/aromatic N) is 1. The van der Waals surface area contributed by atoms with Gasteiger partial charge in [0.05, 0.1) is 6.10 Å². The van der Waals surface area contributed by atoms with Crippen LogP contribution in [0.4, 0.5) is 0 Å². The molecule has 0 aliphatic carbocycles. The van der Waals surface area contributed by atoms with E-state index in [-0.39, 0.29) is 17.9 Å². The molecule has 2 N–H and O–H groups in total. The van der Waals surface area contributed by atoms with Crippen molar-refractivity contribution in [2.24, 2.45) is 5.92 Å². The van der Waals surface area contributed by atoms with E-state index in [0.717, 1.165) is 0 Å². The van der Waals surface area contributed by atoms with Crippen molar-refractivity contribution in [2.75, 3.05) is 6.54 Å². The van der Waals surface area contributed by atoms with Crippen molar-refractivity contribution >= 4 is 5.91 Å². The van der Waals surface area contributed by atoms with Gasteiger partial charge in [0.15, 0.2) is 0 Å². The predicted molar refractivity (Wildman–Crippen MR) is 68.0 cm³/mol. The molecule has 0 aromatic carbocycles. The van der Waals surface area contributed by atoms with Crippen LogP contribution < -0.4 is 5.32 Å². The molecule has 1 heterocycles. The molecule has 0 radical (unpaired) electrons. The summed E-state index contributed by atoms with van der Waals surface area (Å²) in [7, 11) is 0. The third kappa shape index (κ3) is 3.60. The first kappa shape index (κ1) is 13.8. The first-order valence-electron chi connectivity index (χ1n) is 6.06. The average molecular weight is 238 g/mol. The molecule has 1 atom stereocenters. The van der Waals surface area contributed by atoms with Crippen molar-refractivity contribution in [2.45, 2.75) is 39.8 Å². The van der Waals surface area contributed by atoms with E-state index in [2.05, 4.69) is 5.32 Å². The lowest BCUT2D eigenvalue weighted by molar-refractivity contribution is 0.0862. The second kappa shape index (κ2) is 5.87. The van der Waals surface area contributed by atoms with Gasteiger partial charge in [-0.3, -0.25) is 4.79 Å². The van der Waals surface area contributed by atoms with Crippen LogP contribution in [-0.2, 0) is 0 Å². The molecule has 0 spiro atoms. The molecule has 1 amide bonds. The number of aliphatic hydroxyl groups excluding tert-OH is 1. The van der Waals surface area contributed by atoms with Gasteiger partial charge in [-0.05, 0) is 31.9 Å². The number of aromatic nitrogens is 1. The summed E-state index contributed by atoms with van der Waals surface area (Å²) in [4.78, 5) is 11.9. The summed E-state index contributed by atoms with van der Waals surface area (Å²) < 4.78 is 1.91. The van der Waals surface area contributed by atoms with Crippen LogP contribution in [0, 0.1) is 5.92 Å². The molecule has 1 aromatic rings. The third-order valence-corrected chi connectivity index (χ3v) is 2.81. The van der Waals surface area contributed by atoms with Crippen molar-refractivity contribution in [3.63, 3.8) is 0 Å². The van der Waals surface area contributed by atoms with Crippen LogP contribution in [0.5, 0.6) is 0 Å². The number of carbonyl (C=O) groups is 1. The minimum absolute atomic E-state index is 0.136. The van der Waals surface area contributed by atoms with E-state index < -0.39 is 6.10 Å². The highest BCUT2D eigenvalue weighted by atomic mass is 16.3. The lowest BCUT2D eigenvalue weighted by Crippen LogP contribution is -2.35. The molecule has 0 saturated carbocycles. The number of amides is 1. The molecule has 1 unspecified atom stereocenters. The molecule has 1 rings (SSSR count). The summed E-state index contributed by atoms with van der Waals surface area (Å²) in [6.07, 6.45) is 1.39. The van der Waals surface area contributed by atoms with Gasteiger partial charge in [0.2, 0.25) is 0 Å². The zero-order valence-corrected chi connectivity index (χ0v) is 11.0. The molecule has 17 heavy (non-hydrogen) atoms. The van der Waals surface area contributed by atoms with E-state index >= 15 is 0 Å². The Bertz CT molecular complexity index is 369. The van der Waals surface area contributed by atoms with Gasteiger partial charge in [0.25, 0.3) is 5.91 Å². The lowest BCUT2D eigenvalue weighted by Gasteiger charge is -2.16. The summed E-state index contributed by atoms with van der Waals surface area (Å²) in [6.45, 7) is 8.19. The molecule has 4 nitrogen and oxygen atoms in total. The maximum absolute atomic E-state index is 11.9. The quantitative estimate of drug-likeness (QED) is 0.822. The van der Waals surface area contributed by atoms with Crippen molar-refractivity contribution in [1.29, 1.82) is 0 Å². The van der Waals surface area contributed by atoms with Gasteiger partial charge in [-0.25, -0.2) is 0 Å². The third-order valence-electron chi connectivity index (χ3n) is 2.81. The molecule has 0 bridgehead atoms. The number of rotatable bonds is 5. The lowest BCUT2D eigenvalue weighted by atomic mass is 10.1. The fourth-order valence-electron chi connectivity index (χ4n) is 1.56. The molecule has 1 aromatic heterocycles. The SMILES string of the molecule is CC(C)C(O)CNC(=O)c1cccn1C(C)C. The number of hydrogen-bond donors (Lipinski definition) is 2. The normalized spacial score (nSPS) is 13.1. The number of carbonyl (C=O) groups excluding carboxylic acids is 1. The van der Waals surface area contributed by atoms with E-state index in [9.17, 15) is 9.90 Å². The Kier molecular flexibility index (Phi) is 4.75. The van der Waals surface area contributed by atoms with Crippen LogP contribution in [0.25, 0.3) is 0 Å². The molecule has 0 saturated heterocycles. The summed E-state index contributed by atoms with van der Waals surface area (Å²) in [5, 5.41) is 12.4. The van der Waals surface area contributed by atoms with Gasteiger partial charge in [0, 0.05) is 18.8 Å². The zero-order chi connectivity index (χ0) is 13.0. The topological polar surface area (TPSA) is 54.3 Å². The maximum atomic E-state index is 11.9. The van der Waals surface area contributed by atoms with E-state index in [1.54, 1.807) is 6.07 Å². The largest absolute Gasteiger partial charge is 0.391 e. The van der Waals surface area contributed by atoms with Crippen LogP contribution >= 0.6 is 0 Å². The molecule has 96 valence electrons. The van der Waals surface area contributed by atoms with Crippen LogP contribution in [0.2, 0.25) is 0 Å². The summed E-state index contributed by atoms with van der Waals surface area (Å²) in [5.41, 5.74) is 0.635. The molecule has 0 fully saturated rings. The summed E-state index contributed by atoms with van der Waals surface area (Å²) >= 11 is 0. The Morgan fingerprint density at radius 3 is 2.59 bits per heavy atom. The number of hydrogen-bond acceptors (Lipinski definition) is 2. The first-order valence-corrected chi connectivity index (χ1v) is 6.06. The summed E-state index contributed by atoms with van der Waals surface area (Å²) in [6, 6.07) is 3.89. The molecular weight excluding hydrogens is 216 g/mol. The van der Waals surface area contributed by atoms with Gasteiger partial charge in [0.1, 0.15) is 5.69 Å². The predicted octanol–water partition coefficient (Wildman–Crippen LogP) is 1.82. The highest BCUT2D eigenvalue weighted by molar-refractivity contribution is 5.92. The first-order chi connectivity index (χ1) is 7.93. The Hall–Kier alpha value is -1.29. The number of nitrogens with one attached hydrogen (secondary N) is 1. The molecular formula is C13H22N2O2. The van der Waals surface area contributed by atoms with Gasteiger partial charge in [-0.2, -0.15) is 0 Å². The average Bonchev–Trinajstić information content (AvgIpc) is 2.73. The second-order valence-electron chi connectivity index (χ2n) is 4.92. The standard InChI is InChI=1S/C13H22N2O2/c1-9(2)12(16)8-14-13(17)11-6-5-7-15(11)10(3)4/h5-7,9-10,12,16H,8H2,1-4H3,(H,14,17). The van der Waals surface area contributed by atoms with Crippen molar-refractivity contribution < 1.29 is 9.90 Å². The second-order valence-corrected chi connectivity index (χ2v) is 4.92. The fraction of sp³-hybridized carbons (Fsp3) is 0.615. The van der Waals surface area contributed by atoms with E-state index in [4.69, 9.17) is 0 Å². The maximum Gasteiger partial charge on any atom is 0.268 e. The van der Waals surface area contributed by atoms with E-state index in [1.165, 1.54) is 0 Å². The van der Waals surface area contributed by atoms with Crippen LogP contribution in [-0.4, -0.2) is 28.2 Å². The van der Waals surface area contributed by atoms with E-state index in [1.807, 2.05) is 44.5 Å². The Balaban J connectivity index is 2.61. The van der Waals surface area contributed by atoms with Crippen molar-refractivity contribution in [1.82, 2.24) is 9.88 Å². The Labute approximate surface area is 103 Å². The van der Waals surface area contributed by atoms with Crippen LogP contribution in [0.3, 0.4) is 0 Å². The van der Waals surface area contributed by atoms with Gasteiger partial charge in [-0.1, -0.05) is 13.8 Å². The highest BCUT2D eigenvalue weighted by Gasteiger charge is 2.15. The molecule has 0 aliphatic heterocycles. The van der Waals surface area contributed by atoms with Gasteiger partial charge >= 0.3 is 0 Å². The van der Waals surface area contributed by atoms with Crippen molar-refractivity contribution in [3.05, 3.63) is 24.0 Å². The minimum atomic E-state index is -0.499. The summed E-state index contributed by atoms with van der Waals surface area (Å²) in [5.74, 6) is 0.00980. The van der Waals surface area contributed by atoms with Crippen LogP contribution in [0.1, 0.15) is 44.2 Å². The molecule has 0 aliphatic rings. The van der Waals surface area contributed by atoms with E-state index in [0.29, 0.717) is 12.2 Å². The van der Waals surface area contributed by atoms with Crippen LogP contribution in [0.15, 0.2) is 18.3 Å². The highest BCUT2D eigenvalue weighted by Crippen LogP contribution is 2.10. The Morgan fingerprint density at radius 1 is 1.41 bits per heavy atom. The monoisotopic (exact) mass is 238 g/mol. The smallest absolute Gasteiger partial charge is 0.268 e. The fourth-order valence-corrected chi connectivity index (χ4v) is 1.56. The van der Waals surface area contributed by atoms with Gasteiger partial charge in [-0.15, -0.1) is 0 Å². The van der Waals surface area contributed by atoms with Gasteiger partial charge < -0.3 is 15.0 Å². The van der Waals surface area contributed by atoms with Crippen molar-refractivity contribution in [3.8, 4) is 0 Å². The molecule has 4 heteroatoms. The zero-order valence-electron chi connectivity index (χ0n) is 11.0.